The van der Waals surface area contributed by atoms with Gasteiger partial charge < -0.3 is 46.8 Å². The van der Waals surface area contributed by atoms with Gasteiger partial charge in [0.05, 0.1) is 34.8 Å². The number of aliphatic hydroxyl groups excluding tert-OH is 2. The van der Waals surface area contributed by atoms with Crippen LogP contribution in [0.15, 0.2) is 94.7 Å². The van der Waals surface area contributed by atoms with E-state index in [1.165, 1.54) is 14.2 Å². The highest BCUT2D eigenvalue weighted by atomic mass is 35.5. The van der Waals surface area contributed by atoms with E-state index >= 15 is 0 Å². The monoisotopic (exact) mass is 724 g/mol. The molecule has 4 aromatic rings. The Labute approximate surface area is 289 Å². The molecule has 0 radical (unpaired) electrons. The topological polar surface area (TPSA) is 217 Å². The van der Waals surface area contributed by atoms with Crippen LogP contribution in [0.4, 0.5) is 11.4 Å². The van der Waals surface area contributed by atoms with E-state index in [1.807, 2.05) is 0 Å². The number of hydrogen-bond acceptors (Lipinski definition) is 10. The highest BCUT2D eigenvalue weighted by molar-refractivity contribution is 8.00. The van der Waals surface area contributed by atoms with Gasteiger partial charge in [-0.15, -0.1) is 23.5 Å². The first-order valence-corrected chi connectivity index (χ1v) is 15.9. The Hall–Kier alpha value is -3.82. The van der Waals surface area contributed by atoms with Crippen molar-refractivity contribution in [2.24, 2.45) is 0 Å². The quantitative estimate of drug-likeness (QED) is 0.0778. The van der Waals surface area contributed by atoms with Crippen molar-refractivity contribution in [3.63, 3.8) is 0 Å². The predicted octanol–water partition coefficient (Wildman–Crippen LogP) is 5.59. The fraction of sp³-hybridized carbons (Fsp3) is 0.188. The number of anilines is 2. The third-order valence-corrected chi connectivity index (χ3v) is 10.3. The molecule has 0 fully saturated rings. The van der Waals surface area contributed by atoms with Crippen LogP contribution in [0.2, 0.25) is 10.0 Å². The molecule has 0 amide bonds. The molecule has 4 atom stereocenters. The number of thioether (sulfide) groups is 2. The van der Waals surface area contributed by atoms with Gasteiger partial charge in [-0.2, -0.15) is 0 Å². The zero-order chi connectivity index (χ0) is 34.0. The van der Waals surface area contributed by atoms with Gasteiger partial charge in [-0.25, -0.2) is 9.59 Å². The van der Waals surface area contributed by atoms with Crippen molar-refractivity contribution < 1.29 is 45.0 Å². The lowest BCUT2D eigenvalue weighted by Crippen LogP contribution is -2.26. The van der Waals surface area contributed by atoms with E-state index in [9.17, 15) is 30.0 Å². The van der Waals surface area contributed by atoms with E-state index in [4.69, 9.17) is 44.1 Å². The van der Waals surface area contributed by atoms with Crippen molar-refractivity contribution in [3.8, 4) is 11.5 Å². The van der Waals surface area contributed by atoms with Crippen molar-refractivity contribution >= 4 is 70.0 Å². The van der Waals surface area contributed by atoms with Crippen molar-refractivity contribution in [1.82, 2.24) is 0 Å². The maximum atomic E-state index is 11.2. The number of carboxylic acid groups (broad SMARTS) is 2. The summed E-state index contributed by atoms with van der Waals surface area (Å²) < 4.78 is 10.2. The van der Waals surface area contributed by atoms with E-state index in [1.54, 1.807) is 84.9 Å². The number of nitrogen functional groups attached to an aromatic ring is 2. The molecule has 0 aliphatic heterocycles. The second-order valence-electron chi connectivity index (χ2n) is 9.51. The highest BCUT2D eigenvalue weighted by Crippen LogP contribution is 2.45. The predicted molar refractivity (Wildman–Crippen MR) is 186 cm³/mol. The van der Waals surface area contributed by atoms with Crippen molar-refractivity contribution in [3.05, 3.63) is 106 Å². The van der Waals surface area contributed by atoms with E-state index in [0.29, 0.717) is 53.8 Å². The maximum Gasteiger partial charge on any atom is 0.334 e. The van der Waals surface area contributed by atoms with Gasteiger partial charge >= 0.3 is 11.9 Å². The zero-order valence-corrected chi connectivity index (χ0v) is 28.2. The SMILES string of the molecule is COc1ccc(C(Sc2c(N)cccc2Cl)C(O)C(=O)O)cc1.COc1ccc(C(Sc2c(N)cccc2Cl)C(O)C(=O)O)cc1.O. The van der Waals surface area contributed by atoms with E-state index in [2.05, 4.69) is 0 Å². The first-order chi connectivity index (χ1) is 21.9. The van der Waals surface area contributed by atoms with E-state index in [0.717, 1.165) is 23.5 Å². The summed E-state index contributed by atoms with van der Waals surface area (Å²) in [7, 11) is 3.08. The molecule has 4 rings (SSSR count). The molecule has 0 aromatic heterocycles. The normalized spacial score (nSPS) is 13.1. The summed E-state index contributed by atoms with van der Waals surface area (Å²) in [4.78, 5) is 23.6. The highest BCUT2D eigenvalue weighted by Gasteiger charge is 2.31. The first-order valence-electron chi connectivity index (χ1n) is 13.4. The summed E-state index contributed by atoms with van der Waals surface area (Å²) in [5.41, 5.74) is 13.9. The Kier molecular flexibility index (Phi) is 15.5. The number of nitrogens with two attached hydrogens (primary N) is 2. The van der Waals surface area contributed by atoms with Crippen molar-refractivity contribution in [2.75, 3.05) is 25.7 Å². The molecular weight excluding hydrogens is 691 g/mol. The standard InChI is InChI=1S/2C16H16ClNO4S.H2O/c2*1-22-10-7-5-9(6-8-10)14(13(19)16(20)21)23-15-11(17)3-2-4-12(15)18;/h2*2-8,13-14,19H,18H2,1H3,(H,20,21);1H2. The number of hydrogen-bond donors (Lipinski definition) is 6. The number of carbonyl (C=O) groups is 2. The number of benzene rings is 4. The van der Waals surface area contributed by atoms with Gasteiger partial charge in [-0.3, -0.25) is 0 Å². The van der Waals surface area contributed by atoms with Crippen LogP contribution in [-0.2, 0) is 9.59 Å². The first kappa shape index (κ1) is 39.4. The lowest BCUT2D eigenvalue weighted by atomic mass is 10.1. The van der Waals surface area contributed by atoms with Gasteiger partial charge in [0.15, 0.2) is 12.2 Å². The van der Waals surface area contributed by atoms with Gasteiger partial charge in [0.2, 0.25) is 0 Å². The number of halogens is 2. The summed E-state index contributed by atoms with van der Waals surface area (Å²) in [6, 6.07) is 23.7. The second kappa shape index (κ2) is 18.5. The molecule has 15 heteroatoms. The molecule has 0 saturated carbocycles. The van der Waals surface area contributed by atoms with Gasteiger partial charge in [0.1, 0.15) is 11.5 Å². The molecule has 0 bridgehead atoms. The number of aliphatic carboxylic acids is 2. The summed E-state index contributed by atoms with van der Waals surface area (Å²) >= 11 is 14.5. The minimum atomic E-state index is -1.61. The zero-order valence-electron chi connectivity index (χ0n) is 25.0. The smallest absolute Gasteiger partial charge is 0.334 e. The Balaban J connectivity index is 0.000000320. The van der Waals surface area contributed by atoms with Crippen LogP contribution in [0, 0.1) is 0 Å². The summed E-state index contributed by atoms with van der Waals surface area (Å²) in [6.45, 7) is 0. The number of ether oxygens (including phenoxy) is 2. The molecule has 0 aliphatic carbocycles. The van der Waals surface area contributed by atoms with E-state index < -0.39 is 34.6 Å². The molecule has 4 aromatic carbocycles. The Morgan fingerprint density at radius 3 is 1.21 bits per heavy atom. The molecule has 4 unspecified atom stereocenters. The molecule has 11 nitrogen and oxygen atoms in total. The van der Waals surface area contributed by atoms with Gasteiger partial charge in [0.25, 0.3) is 0 Å². The summed E-state index contributed by atoms with van der Waals surface area (Å²) in [5.74, 6) is -1.35. The summed E-state index contributed by atoms with van der Waals surface area (Å²) in [6.07, 6.45) is -3.21. The van der Waals surface area contributed by atoms with E-state index in [-0.39, 0.29) is 5.48 Å². The van der Waals surface area contributed by atoms with Crippen LogP contribution in [0.5, 0.6) is 11.5 Å². The number of carboxylic acids is 2. The van der Waals surface area contributed by atoms with Crippen LogP contribution in [-0.4, -0.2) is 64.3 Å². The van der Waals surface area contributed by atoms with Crippen molar-refractivity contribution in [1.29, 1.82) is 0 Å². The molecule has 47 heavy (non-hydrogen) atoms. The Morgan fingerprint density at radius 1 is 0.638 bits per heavy atom. The molecule has 0 saturated heterocycles. The molecule has 252 valence electrons. The lowest BCUT2D eigenvalue weighted by Gasteiger charge is -2.21. The largest absolute Gasteiger partial charge is 0.497 e. The fourth-order valence-electron chi connectivity index (χ4n) is 4.03. The molecule has 0 aliphatic rings. The Bertz CT molecular complexity index is 1470. The lowest BCUT2D eigenvalue weighted by molar-refractivity contribution is -0.147. The molecule has 10 N–H and O–H groups in total. The van der Waals surface area contributed by atoms with Crippen molar-refractivity contribution in [2.45, 2.75) is 32.5 Å². The van der Waals surface area contributed by atoms with Crippen LogP contribution < -0.4 is 20.9 Å². The fourth-order valence-corrected chi connectivity index (χ4v) is 7.01. The summed E-state index contributed by atoms with van der Waals surface area (Å²) in [5, 5.41) is 37.8. The van der Waals surface area contributed by atoms with Crippen LogP contribution in [0.3, 0.4) is 0 Å². The van der Waals surface area contributed by atoms with Crippen LogP contribution in [0.1, 0.15) is 21.6 Å². The average Bonchev–Trinajstić information content (AvgIpc) is 3.04. The molecule has 0 heterocycles. The third-order valence-electron chi connectivity index (χ3n) is 6.45. The second-order valence-corrected chi connectivity index (χ2v) is 12.6. The van der Waals surface area contributed by atoms with Crippen LogP contribution in [0.25, 0.3) is 0 Å². The number of rotatable bonds is 12. The minimum Gasteiger partial charge on any atom is -0.497 e. The molecular formula is C32H34Cl2N2O9S2. The third kappa shape index (κ3) is 10.6. The van der Waals surface area contributed by atoms with Gasteiger partial charge in [-0.1, -0.05) is 59.6 Å². The maximum absolute atomic E-state index is 11.2. The average molecular weight is 726 g/mol. The molecule has 0 spiro atoms. The number of methoxy groups -OCH3 is 2. The number of aliphatic hydroxyl groups is 2. The van der Waals surface area contributed by atoms with Gasteiger partial charge in [-0.05, 0) is 59.7 Å². The minimum absolute atomic E-state index is 0. The van der Waals surface area contributed by atoms with Gasteiger partial charge in [0, 0.05) is 21.2 Å². The Morgan fingerprint density at radius 2 is 0.957 bits per heavy atom. The van der Waals surface area contributed by atoms with Crippen LogP contribution >= 0.6 is 46.7 Å².